The van der Waals surface area contributed by atoms with E-state index in [2.05, 4.69) is 9.74 Å². The van der Waals surface area contributed by atoms with Crippen LogP contribution in [0.1, 0.15) is 37.0 Å². The van der Waals surface area contributed by atoms with E-state index in [1.807, 2.05) is 0 Å². The Labute approximate surface area is 242 Å². The second-order valence-corrected chi connectivity index (χ2v) is 12.4. The lowest BCUT2D eigenvalue weighted by atomic mass is 9.99. The number of ether oxygens (including phenoxy) is 2. The summed E-state index contributed by atoms with van der Waals surface area (Å²) in [6.45, 7) is 7.77. The Kier molecular flexibility index (Phi) is 10.1. The summed E-state index contributed by atoms with van der Waals surface area (Å²) in [4.78, 5) is 31.7. The molecule has 0 aromatic heterocycles. The van der Waals surface area contributed by atoms with Gasteiger partial charge in [0.25, 0.3) is 5.91 Å². The van der Waals surface area contributed by atoms with Crippen LogP contribution in [0.3, 0.4) is 0 Å². The van der Waals surface area contributed by atoms with Crippen LogP contribution in [0.4, 0.5) is 18.9 Å². The molecule has 0 saturated carbocycles. The van der Waals surface area contributed by atoms with E-state index in [4.69, 9.17) is 9.47 Å². The molecule has 42 heavy (non-hydrogen) atoms. The summed E-state index contributed by atoms with van der Waals surface area (Å²) in [7, 11) is -4.03. The molecule has 2 aliphatic heterocycles. The number of piperidine rings is 1. The van der Waals surface area contributed by atoms with Gasteiger partial charge in [-0.25, -0.2) is 13.2 Å². The van der Waals surface area contributed by atoms with Crippen LogP contribution in [0.5, 0.6) is 5.75 Å². The van der Waals surface area contributed by atoms with Crippen molar-refractivity contribution in [1.29, 1.82) is 0 Å². The Morgan fingerprint density at radius 1 is 1.07 bits per heavy atom. The van der Waals surface area contributed by atoms with Crippen molar-refractivity contribution in [2.45, 2.75) is 43.9 Å². The van der Waals surface area contributed by atoms with Crippen LogP contribution in [-0.4, -0.2) is 87.7 Å². The topological polar surface area (TPSA) is 106 Å². The van der Waals surface area contributed by atoms with Gasteiger partial charge in [0.05, 0.1) is 29.9 Å². The Balaban J connectivity index is 1.56. The van der Waals surface area contributed by atoms with Gasteiger partial charge >= 0.3 is 12.1 Å². The van der Waals surface area contributed by atoms with Gasteiger partial charge in [-0.05, 0) is 75.1 Å². The zero-order valence-corrected chi connectivity index (χ0v) is 24.2. The van der Waals surface area contributed by atoms with Gasteiger partial charge in [0.15, 0.2) is 0 Å². The largest absolute Gasteiger partial charge is 0.493 e. The molecule has 2 aliphatic rings. The average molecular weight is 614 g/mol. The molecule has 0 bridgehead atoms. The van der Waals surface area contributed by atoms with Crippen molar-refractivity contribution in [1.82, 2.24) is 9.21 Å². The highest BCUT2D eigenvalue weighted by molar-refractivity contribution is 7.89. The molecule has 14 heteroatoms. The summed E-state index contributed by atoms with van der Waals surface area (Å²) in [5, 5.41) is 0.194. The molecule has 0 radical (unpaired) electrons. The van der Waals surface area contributed by atoms with E-state index in [0.29, 0.717) is 38.5 Å². The predicted molar refractivity (Wildman–Crippen MR) is 146 cm³/mol. The van der Waals surface area contributed by atoms with Crippen molar-refractivity contribution in [3.63, 3.8) is 0 Å². The third-order valence-corrected chi connectivity index (χ3v) is 8.71. The molecule has 4 rings (SSSR count). The summed E-state index contributed by atoms with van der Waals surface area (Å²) in [5.41, 5.74) is -0.473. The lowest BCUT2D eigenvalue weighted by molar-refractivity contribution is -0.199. The fourth-order valence-electron chi connectivity index (χ4n) is 4.88. The standard InChI is InChI=1S/C28H34F3N3O7S/c1-20(2)40-24-10-8-23(9-11-24)34(41-27(36)28(29,30)31)26(35)22-6-3-7-25(17-22)42(37,38)33-12-4-5-21(19-33)18-32-13-15-39-16-14-32/h3,6-11,17,20-21H,4-5,12-16,18-19H2,1-2H3. The molecule has 0 N–H and O–H groups in total. The Morgan fingerprint density at radius 2 is 1.76 bits per heavy atom. The Hall–Kier alpha value is -3.20. The molecule has 1 unspecified atom stereocenters. The van der Waals surface area contributed by atoms with Crippen molar-refractivity contribution in [2.24, 2.45) is 5.92 Å². The first-order valence-electron chi connectivity index (χ1n) is 13.6. The number of carbonyl (C=O) groups is 2. The third kappa shape index (κ3) is 8.00. The molecule has 2 saturated heterocycles. The number of carbonyl (C=O) groups excluding carboxylic acids is 2. The van der Waals surface area contributed by atoms with Crippen LogP contribution in [0.2, 0.25) is 0 Å². The number of morpholine rings is 1. The zero-order chi connectivity index (χ0) is 30.5. The molecular formula is C28H34F3N3O7S. The lowest BCUT2D eigenvalue weighted by Crippen LogP contribution is -2.46. The molecule has 10 nitrogen and oxygen atoms in total. The fraction of sp³-hybridized carbons (Fsp3) is 0.500. The maximum atomic E-state index is 13.6. The Bertz CT molecular complexity index is 1350. The number of hydrogen-bond acceptors (Lipinski definition) is 8. The van der Waals surface area contributed by atoms with E-state index < -0.39 is 28.1 Å². The van der Waals surface area contributed by atoms with Crippen LogP contribution >= 0.6 is 0 Å². The maximum absolute atomic E-state index is 13.6. The number of hydrogen-bond donors (Lipinski definition) is 0. The van der Waals surface area contributed by atoms with E-state index in [-0.39, 0.29) is 33.2 Å². The van der Waals surface area contributed by atoms with E-state index >= 15 is 0 Å². The zero-order valence-electron chi connectivity index (χ0n) is 23.4. The summed E-state index contributed by atoms with van der Waals surface area (Å²) in [6.07, 6.45) is -4.01. The minimum atomic E-state index is -5.38. The summed E-state index contributed by atoms with van der Waals surface area (Å²) in [5.74, 6) is -3.27. The van der Waals surface area contributed by atoms with Crippen molar-refractivity contribution in [2.75, 3.05) is 51.0 Å². The second kappa shape index (κ2) is 13.4. The van der Waals surface area contributed by atoms with Gasteiger partial charge in [-0.2, -0.15) is 17.5 Å². The molecule has 0 aliphatic carbocycles. The monoisotopic (exact) mass is 613 g/mol. The molecule has 1 amide bonds. The average Bonchev–Trinajstić information content (AvgIpc) is 2.96. The number of sulfonamides is 1. The van der Waals surface area contributed by atoms with Gasteiger partial charge in [0.1, 0.15) is 5.75 Å². The molecular weight excluding hydrogens is 579 g/mol. The number of hydroxylamine groups is 1. The third-order valence-electron chi connectivity index (χ3n) is 6.85. The number of halogens is 3. The summed E-state index contributed by atoms with van der Waals surface area (Å²) >= 11 is 0. The van der Waals surface area contributed by atoms with E-state index in [1.165, 1.54) is 46.8 Å². The van der Waals surface area contributed by atoms with Gasteiger partial charge in [0.2, 0.25) is 10.0 Å². The number of nitrogens with zero attached hydrogens (tertiary/aromatic N) is 3. The van der Waals surface area contributed by atoms with Gasteiger partial charge in [-0.3, -0.25) is 9.69 Å². The molecule has 2 aromatic carbocycles. The number of anilines is 1. The van der Waals surface area contributed by atoms with Crippen molar-refractivity contribution >= 4 is 27.6 Å². The molecule has 2 aromatic rings. The molecule has 2 fully saturated rings. The van der Waals surface area contributed by atoms with Crippen LogP contribution in [0, 0.1) is 5.92 Å². The van der Waals surface area contributed by atoms with Gasteiger partial charge in [-0.15, -0.1) is 5.06 Å². The highest BCUT2D eigenvalue weighted by Gasteiger charge is 2.44. The first-order chi connectivity index (χ1) is 19.8. The number of alkyl halides is 3. The maximum Gasteiger partial charge on any atom is 0.493 e. The fourth-order valence-corrected chi connectivity index (χ4v) is 6.48. The first-order valence-corrected chi connectivity index (χ1v) is 15.1. The minimum Gasteiger partial charge on any atom is -0.491 e. The summed E-state index contributed by atoms with van der Waals surface area (Å²) < 4.78 is 78.7. The quantitative estimate of drug-likeness (QED) is 0.414. The van der Waals surface area contributed by atoms with E-state index in [1.54, 1.807) is 13.8 Å². The van der Waals surface area contributed by atoms with Gasteiger partial charge in [-0.1, -0.05) is 6.07 Å². The van der Waals surface area contributed by atoms with Crippen molar-refractivity contribution in [3.05, 3.63) is 54.1 Å². The summed E-state index contributed by atoms with van der Waals surface area (Å²) in [6, 6.07) is 10.3. The number of rotatable bonds is 8. The SMILES string of the molecule is CC(C)Oc1ccc(N(OC(=O)C(F)(F)F)C(=O)c2cccc(S(=O)(=O)N3CCCC(CN4CCOCC4)C3)c2)cc1. The highest BCUT2D eigenvalue weighted by Crippen LogP contribution is 2.28. The highest BCUT2D eigenvalue weighted by atomic mass is 32.2. The molecule has 0 spiro atoms. The molecule has 1 atom stereocenters. The Morgan fingerprint density at radius 3 is 2.40 bits per heavy atom. The normalized spacial score (nSPS) is 19.0. The van der Waals surface area contributed by atoms with Crippen molar-refractivity contribution < 1.29 is 45.5 Å². The van der Waals surface area contributed by atoms with E-state index in [0.717, 1.165) is 32.1 Å². The number of benzene rings is 2. The van der Waals surface area contributed by atoms with Crippen LogP contribution in [0.15, 0.2) is 53.4 Å². The minimum absolute atomic E-state index is 0.122. The van der Waals surface area contributed by atoms with Crippen LogP contribution in [0.25, 0.3) is 0 Å². The number of amides is 1. The predicted octanol–water partition coefficient (Wildman–Crippen LogP) is 3.87. The smallest absolute Gasteiger partial charge is 0.491 e. The lowest BCUT2D eigenvalue weighted by Gasteiger charge is -2.36. The van der Waals surface area contributed by atoms with E-state index in [9.17, 15) is 31.2 Å². The van der Waals surface area contributed by atoms with Crippen LogP contribution in [-0.2, 0) is 24.4 Å². The van der Waals surface area contributed by atoms with Crippen molar-refractivity contribution in [3.8, 4) is 5.75 Å². The second-order valence-electron chi connectivity index (χ2n) is 10.4. The van der Waals surface area contributed by atoms with Gasteiger partial charge in [0, 0.05) is 38.3 Å². The molecule has 230 valence electrons. The van der Waals surface area contributed by atoms with Gasteiger partial charge < -0.3 is 14.3 Å². The molecule has 2 heterocycles. The first kappa shape index (κ1) is 31.7. The van der Waals surface area contributed by atoms with Crippen LogP contribution < -0.4 is 9.80 Å².